The molecule has 3 aromatic carbocycles. The van der Waals surface area contributed by atoms with Gasteiger partial charge in [-0.2, -0.15) is 5.10 Å². The average molecular weight is 535 g/mol. The number of rotatable bonds is 12. The molecule has 0 atom stereocenters. The zero-order valence-corrected chi connectivity index (χ0v) is 21.2. The Bertz CT molecular complexity index is 1390. The molecule has 0 aliphatic carbocycles. The first-order valence-corrected chi connectivity index (χ1v) is 11.9. The van der Waals surface area contributed by atoms with E-state index in [1.807, 2.05) is 19.9 Å². The summed E-state index contributed by atoms with van der Waals surface area (Å²) in [5.74, 6) is -0.778. The molecule has 0 unspecified atom stereocenters. The average Bonchev–Trinajstić information content (AvgIpc) is 2.93. The monoisotopic (exact) mass is 534 g/mol. The predicted molar refractivity (Wildman–Crippen MR) is 145 cm³/mol. The molecule has 3 aromatic rings. The SMILES string of the molecule is CCN(CC)c1ccc(/C=N\NC(=O)c2ccc([N+](=O)[O-])cc2)c(OCC(=O)Nc2cccc([N+](=O)[O-])c2)c1. The Balaban J connectivity index is 1.73. The maximum Gasteiger partial charge on any atom is 0.271 e. The molecule has 0 fully saturated rings. The second kappa shape index (κ2) is 13.3. The number of non-ortho nitro benzene ring substituents is 2. The second-order valence-electron chi connectivity index (χ2n) is 8.04. The number of benzene rings is 3. The third-order valence-electron chi connectivity index (χ3n) is 5.54. The summed E-state index contributed by atoms with van der Waals surface area (Å²) in [6.07, 6.45) is 1.35. The van der Waals surface area contributed by atoms with Crippen molar-refractivity contribution in [1.82, 2.24) is 5.43 Å². The number of hydrogen-bond donors (Lipinski definition) is 2. The first kappa shape index (κ1) is 28.2. The topological polar surface area (TPSA) is 169 Å². The van der Waals surface area contributed by atoms with Crippen molar-refractivity contribution in [2.24, 2.45) is 5.10 Å². The second-order valence-corrected chi connectivity index (χ2v) is 8.04. The zero-order chi connectivity index (χ0) is 28.4. The van der Waals surface area contributed by atoms with Gasteiger partial charge in [-0.05, 0) is 44.2 Å². The minimum absolute atomic E-state index is 0.139. The Morgan fingerprint density at radius 3 is 2.28 bits per heavy atom. The van der Waals surface area contributed by atoms with E-state index in [1.54, 1.807) is 12.1 Å². The molecule has 2 N–H and O–H groups in total. The summed E-state index contributed by atoms with van der Waals surface area (Å²) < 4.78 is 5.77. The molecule has 0 heterocycles. The van der Waals surface area contributed by atoms with Gasteiger partial charge in [-0.15, -0.1) is 0 Å². The van der Waals surface area contributed by atoms with Crippen LogP contribution < -0.4 is 20.4 Å². The van der Waals surface area contributed by atoms with Crippen LogP contribution >= 0.6 is 0 Å². The molecule has 3 rings (SSSR count). The van der Waals surface area contributed by atoms with Crippen molar-refractivity contribution in [2.45, 2.75) is 13.8 Å². The first-order chi connectivity index (χ1) is 18.7. The first-order valence-electron chi connectivity index (χ1n) is 11.9. The summed E-state index contributed by atoms with van der Waals surface area (Å²) in [7, 11) is 0. The summed E-state index contributed by atoms with van der Waals surface area (Å²) in [5.41, 5.74) is 3.82. The summed E-state index contributed by atoms with van der Waals surface area (Å²) >= 11 is 0. The van der Waals surface area contributed by atoms with E-state index in [0.29, 0.717) is 11.3 Å². The van der Waals surface area contributed by atoms with Gasteiger partial charge in [0.2, 0.25) is 0 Å². The summed E-state index contributed by atoms with van der Waals surface area (Å²) in [6.45, 7) is 5.09. The molecule has 0 saturated carbocycles. The fourth-order valence-electron chi connectivity index (χ4n) is 3.54. The standard InChI is InChI=1S/C26H26N6O7/c1-3-30(4-2)22-13-10-19(16-27-29-26(34)18-8-11-21(12-9-18)31(35)36)24(15-22)39-17-25(33)28-20-6-5-7-23(14-20)32(37)38/h5-16H,3-4,17H2,1-2H3,(H,28,33)(H,29,34)/b27-16-. The Kier molecular flexibility index (Phi) is 9.62. The van der Waals surface area contributed by atoms with Crippen molar-refractivity contribution in [3.8, 4) is 5.75 Å². The van der Waals surface area contributed by atoms with Crippen molar-refractivity contribution >= 4 is 40.8 Å². The van der Waals surface area contributed by atoms with E-state index in [1.165, 1.54) is 54.7 Å². The molecule has 13 nitrogen and oxygen atoms in total. The van der Waals surface area contributed by atoms with Crippen LogP contribution in [0.2, 0.25) is 0 Å². The molecular weight excluding hydrogens is 508 g/mol. The van der Waals surface area contributed by atoms with Gasteiger partial charge < -0.3 is 15.0 Å². The Labute approximate surface area is 223 Å². The highest BCUT2D eigenvalue weighted by atomic mass is 16.6. The number of nitrogens with one attached hydrogen (secondary N) is 2. The van der Waals surface area contributed by atoms with Crippen LogP contribution in [-0.4, -0.2) is 47.6 Å². The molecule has 0 radical (unpaired) electrons. The maximum absolute atomic E-state index is 12.5. The molecular formula is C26H26N6O7. The Morgan fingerprint density at radius 1 is 0.949 bits per heavy atom. The van der Waals surface area contributed by atoms with Gasteiger partial charge in [-0.3, -0.25) is 29.8 Å². The normalized spacial score (nSPS) is 10.6. The quantitative estimate of drug-likeness (QED) is 0.198. The molecule has 202 valence electrons. The third-order valence-corrected chi connectivity index (χ3v) is 5.54. The fourth-order valence-corrected chi connectivity index (χ4v) is 3.54. The maximum atomic E-state index is 12.5. The minimum Gasteiger partial charge on any atom is -0.483 e. The van der Waals surface area contributed by atoms with E-state index in [0.717, 1.165) is 18.8 Å². The Morgan fingerprint density at radius 2 is 1.64 bits per heavy atom. The van der Waals surface area contributed by atoms with Gasteiger partial charge >= 0.3 is 0 Å². The molecule has 0 aliphatic rings. The molecule has 13 heteroatoms. The number of nitro benzene ring substituents is 2. The Hall–Kier alpha value is -5.33. The lowest BCUT2D eigenvalue weighted by atomic mass is 10.1. The van der Waals surface area contributed by atoms with Crippen molar-refractivity contribution in [3.05, 3.63) is 98.1 Å². The van der Waals surface area contributed by atoms with Crippen LogP contribution in [0.25, 0.3) is 0 Å². The minimum atomic E-state index is -0.570. The number of hydrogen-bond acceptors (Lipinski definition) is 9. The molecule has 0 saturated heterocycles. The fraction of sp³-hybridized carbons (Fsp3) is 0.192. The van der Waals surface area contributed by atoms with E-state index >= 15 is 0 Å². The molecule has 0 aromatic heterocycles. The van der Waals surface area contributed by atoms with Crippen LogP contribution in [0, 0.1) is 20.2 Å². The molecule has 0 bridgehead atoms. The molecule has 0 spiro atoms. The smallest absolute Gasteiger partial charge is 0.271 e. The highest BCUT2D eigenvalue weighted by Gasteiger charge is 2.13. The van der Waals surface area contributed by atoms with Gasteiger partial charge in [0, 0.05) is 65.9 Å². The van der Waals surface area contributed by atoms with Gasteiger partial charge in [-0.1, -0.05) is 6.07 Å². The van der Waals surface area contributed by atoms with Crippen LogP contribution in [0.4, 0.5) is 22.7 Å². The van der Waals surface area contributed by atoms with Crippen LogP contribution in [0.1, 0.15) is 29.8 Å². The number of anilines is 2. The molecule has 39 heavy (non-hydrogen) atoms. The highest BCUT2D eigenvalue weighted by Crippen LogP contribution is 2.25. The summed E-state index contributed by atoms with van der Waals surface area (Å²) in [6, 6.07) is 15.9. The van der Waals surface area contributed by atoms with E-state index in [-0.39, 0.29) is 29.2 Å². The lowest BCUT2D eigenvalue weighted by Gasteiger charge is -2.22. The number of amides is 2. The van der Waals surface area contributed by atoms with Crippen LogP contribution in [0.3, 0.4) is 0 Å². The van der Waals surface area contributed by atoms with Crippen LogP contribution in [-0.2, 0) is 4.79 Å². The van der Waals surface area contributed by atoms with E-state index in [9.17, 15) is 29.8 Å². The lowest BCUT2D eigenvalue weighted by molar-refractivity contribution is -0.385. The van der Waals surface area contributed by atoms with Gasteiger partial charge in [0.25, 0.3) is 23.2 Å². The highest BCUT2D eigenvalue weighted by molar-refractivity contribution is 5.95. The van der Waals surface area contributed by atoms with Gasteiger partial charge in [0.1, 0.15) is 5.75 Å². The number of nitrogens with zero attached hydrogens (tertiary/aromatic N) is 4. The van der Waals surface area contributed by atoms with Crippen LogP contribution in [0.5, 0.6) is 5.75 Å². The van der Waals surface area contributed by atoms with Crippen molar-refractivity contribution in [2.75, 3.05) is 29.9 Å². The molecule has 2 amide bonds. The third kappa shape index (κ3) is 7.82. The predicted octanol–water partition coefficient (Wildman–Crippen LogP) is 4.13. The largest absolute Gasteiger partial charge is 0.483 e. The van der Waals surface area contributed by atoms with Gasteiger partial charge in [0.05, 0.1) is 16.1 Å². The summed E-state index contributed by atoms with van der Waals surface area (Å²) in [4.78, 5) is 47.6. The summed E-state index contributed by atoms with van der Waals surface area (Å²) in [5, 5.41) is 28.3. The van der Waals surface area contributed by atoms with Crippen molar-refractivity contribution in [3.63, 3.8) is 0 Å². The molecule has 0 aliphatic heterocycles. The number of ether oxygens (including phenoxy) is 1. The van der Waals surface area contributed by atoms with Crippen molar-refractivity contribution < 1.29 is 24.2 Å². The van der Waals surface area contributed by atoms with E-state index < -0.39 is 21.7 Å². The van der Waals surface area contributed by atoms with Crippen molar-refractivity contribution in [1.29, 1.82) is 0 Å². The lowest BCUT2D eigenvalue weighted by Crippen LogP contribution is -2.23. The number of carbonyl (C=O) groups is 2. The van der Waals surface area contributed by atoms with Gasteiger partial charge in [-0.25, -0.2) is 5.43 Å². The van der Waals surface area contributed by atoms with E-state index in [4.69, 9.17) is 4.74 Å². The number of nitro groups is 2. The number of hydrazone groups is 1. The zero-order valence-electron chi connectivity index (χ0n) is 21.2. The van der Waals surface area contributed by atoms with E-state index in [2.05, 4.69) is 20.7 Å². The van der Waals surface area contributed by atoms with Gasteiger partial charge in [0.15, 0.2) is 6.61 Å². The van der Waals surface area contributed by atoms with Crippen LogP contribution in [0.15, 0.2) is 71.8 Å². The number of carbonyl (C=O) groups excluding carboxylic acids is 2.